The first-order valence-electron chi connectivity index (χ1n) is 12.7. The van der Waals surface area contributed by atoms with E-state index in [4.69, 9.17) is 0 Å². The van der Waals surface area contributed by atoms with E-state index in [0.717, 1.165) is 42.1 Å². The van der Waals surface area contributed by atoms with E-state index in [-0.39, 0.29) is 17.4 Å². The van der Waals surface area contributed by atoms with Gasteiger partial charge in [0, 0.05) is 37.3 Å². The average molecular weight is 488 g/mol. The Morgan fingerprint density at radius 3 is 2.58 bits per heavy atom. The fourth-order valence-electron chi connectivity index (χ4n) is 5.75. The Kier molecular flexibility index (Phi) is 6.00. The maximum atomic E-state index is 14.4. The molecule has 4 aromatic rings. The van der Waals surface area contributed by atoms with E-state index in [2.05, 4.69) is 36.4 Å². The van der Waals surface area contributed by atoms with Crippen molar-refractivity contribution in [2.45, 2.75) is 44.7 Å². The minimum Gasteiger partial charge on any atom is -0.367 e. The van der Waals surface area contributed by atoms with Crippen molar-refractivity contribution in [1.29, 1.82) is 0 Å². The number of rotatable bonds is 5. The van der Waals surface area contributed by atoms with Crippen molar-refractivity contribution in [1.82, 2.24) is 30.1 Å². The fraction of sp³-hybridized carbons (Fsp3) is 0.407. The predicted molar refractivity (Wildman–Crippen MR) is 137 cm³/mol. The molecule has 1 atom stereocenters. The molecule has 0 unspecified atom stereocenters. The van der Waals surface area contributed by atoms with Crippen LogP contribution in [-0.4, -0.2) is 56.3 Å². The van der Waals surface area contributed by atoms with Gasteiger partial charge in [0.25, 0.3) is 5.56 Å². The predicted octanol–water partition coefficient (Wildman–Crippen LogP) is 3.99. The van der Waals surface area contributed by atoms with Crippen LogP contribution >= 0.6 is 0 Å². The van der Waals surface area contributed by atoms with E-state index in [0.29, 0.717) is 43.3 Å². The maximum absolute atomic E-state index is 14.4. The Morgan fingerprint density at radius 2 is 1.81 bits per heavy atom. The summed E-state index contributed by atoms with van der Waals surface area (Å²) in [5.74, 6) is 0.493. The molecule has 1 aliphatic carbocycles. The van der Waals surface area contributed by atoms with Crippen LogP contribution in [0.15, 0.2) is 53.3 Å². The van der Waals surface area contributed by atoms with Crippen LogP contribution in [0.4, 0.5) is 10.1 Å². The molecule has 2 aromatic carbocycles. The number of pyridine rings is 1. The van der Waals surface area contributed by atoms with Crippen LogP contribution < -0.4 is 10.5 Å². The number of H-pyrrole nitrogens is 1. The highest BCUT2D eigenvalue weighted by Crippen LogP contribution is 2.34. The van der Waals surface area contributed by atoms with Crippen LogP contribution in [0, 0.1) is 12.7 Å². The second-order valence-corrected chi connectivity index (χ2v) is 9.94. The highest BCUT2D eigenvalue weighted by Gasteiger charge is 2.35. The van der Waals surface area contributed by atoms with E-state index < -0.39 is 6.04 Å². The number of aromatic amines is 1. The number of para-hydroxylation sites is 1. The summed E-state index contributed by atoms with van der Waals surface area (Å²) < 4.78 is 16.4. The molecule has 3 heterocycles. The number of anilines is 1. The van der Waals surface area contributed by atoms with Gasteiger partial charge in [0.15, 0.2) is 5.82 Å². The van der Waals surface area contributed by atoms with Gasteiger partial charge in [0.2, 0.25) is 0 Å². The fourth-order valence-corrected chi connectivity index (χ4v) is 5.75. The van der Waals surface area contributed by atoms with Crippen LogP contribution in [-0.2, 0) is 0 Å². The third-order valence-electron chi connectivity index (χ3n) is 7.63. The summed E-state index contributed by atoms with van der Waals surface area (Å²) in [5, 5.41) is 13.9. The van der Waals surface area contributed by atoms with Crippen LogP contribution in [0.25, 0.3) is 10.9 Å². The summed E-state index contributed by atoms with van der Waals surface area (Å²) in [6.07, 6.45) is 4.40. The van der Waals surface area contributed by atoms with E-state index in [1.807, 2.05) is 41.9 Å². The summed E-state index contributed by atoms with van der Waals surface area (Å²) in [5.41, 5.74) is 3.04. The number of nitrogens with one attached hydrogen (secondary N) is 1. The first kappa shape index (κ1) is 22.8. The zero-order chi connectivity index (χ0) is 24.6. The first-order chi connectivity index (χ1) is 17.6. The van der Waals surface area contributed by atoms with Crippen molar-refractivity contribution >= 4 is 16.6 Å². The zero-order valence-corrected chi connectivity index (χ0v) is 20.4. The third kappa shape index (κ3) is 4.17. The molecule has 1 saturated heterocycles. The van der Waals surface area contributed by atoms with Gasteiger partial charge in [0.05, 0.1) is 11.7 Å². The Balaban J connectivity index is 1.39. The van der Waals surface area contributed by atoms with Crippen molar-refractivity contribution < 1.29 is 4.39 Å². The molecule has 2 aromatic heterocycles. The molecule has 6 rings (SSSR count). The largest absolute Gasteiger partial charge is 0.367 e. The highest BCUT2D eigenvalue weighted by atomic mass is 19.1. The van der Waals surface area contributed by atoms with Crippen molar-refractivity contribution in [3.63, 3.8) is 0 Å². The molecule has 1 N–H and O–H groups in total. The Labute approximate surface area is 208 Å². The van der Waals surface area contributed by atoms with Gasteiger partial charge in [-0.3, -0.25) is 9.69 Å². The normalized spacial score (nSPS) is 18.2. The molecule has 1 saturated carbocycles. The van der Waals surface area contributed by atoms with Gasteiger partial charge >= 0.3 is 0 Å². The molecule has 9 heteroatoms. The topological polar surface area (TPSA) is 82.9 Å². The number of halogens is 1. The van der Waals surface area contributed by atoms with E-state index >= 15 is 0 Å². The number of piperazine rings is 1. The number of benzene rings is 2. The second kappa shape index (κ2) is 9.46. The lowest BCUT2D eigenvalue weighted by atomic mass is 10.0. The number of fused-ring (bicyclic) bond motifs is 1. The summed E-state index contributed by atoms with van der Waals surface area (Å²) >= 11 is 0. The van der Waals surface area contributed by atoms with Gasteiger partial charge in [-0.15, -0.1) is 5.10 Å². The SMILES string of the molecule is Cc1ccc2cc([C@H](c3nnnn3C3CCCC3)N3CCN(c4ccccc4F)CC3)c(=O)[nH]c2c1. The van der Waals surface area contributed by atoms with Crippen molar-refractivity contribution in [3.8, 4) is 0 Å². The number of tetrazole rings is 1. The average Bonchev–Trinajstić information content (AvgIpc) is 3.58. The number of aromatic nitrogens is 5. The van der Waals surface area contributed by atoms with E-state index in [1.54, 1.807) is 6.07 Å². The first-order valence-corrected chi connectivity index (χ1v) is 12.7. The lowest BCUT2D eigenvalue weighted by molar-refractivity contribution is 0.196. The quantitative estimate of drug-likeness (QED) is 0.458. The van der Waals surface area contributed by atoms with Crippen molar-refractivity contribution in [2.24, 2.45) is 0 Å². The molecule has 2 fully saturated rings. The van der Waals surface area contributed by atoms with Crippen molar-refractivity contribution in [2.75, 3.05) is 31.1 Å². The Morgan fingerprint density at radius 1 is 1.03 bits per heavy atom. The molecule has 186 valence electrons. The summed E-state index contributed by atoms with van der Waals surface area (Å²) in [7, 11) is 0. The zero-order valence-electron chi connectivity index (χ0n) is 20.4. The molecule has 0 spiro atoms. The monoisotopic (exact) mass is 487 g/mol. The molecule has 1 aliphatic heterocycles. The third-order valence-corrected chi connectivity index (χ3v) is 7.63. The van der Waals surface area contributed by atoms with Gasteiger partial charge in [-0.25, -0.2) is 9.07 Å². The molecule has 0 bridgehead atoms. The Bertz CT molecular complexity index is 1430. The maximum Gasteiger partial charge on any atom is 0.253 e. The summed E-state index contributed by atoms with van der Waals surface area (Å²) in [6, 6.07) is 14.8. The lowest BCUT2D eigenvalue weighted by Gasteiger charge is -2.39. The minimum atomic E-state index is -0.391. The molecule has 8 nitrogen and oxygen atoms in total. The summed E-state index contributed by atoms with van der Waals surface area (Å²) in [6.45, 7) is 4.61. The number of hydrogen-bond acceptors (Lipinski definition) is 6. The van der Waals surface area contributed by atoms with Crippen LogP contribution in [0.5, 0.6) is 0 Å². The number of hydrogen-bond donors (Lipinski definition) is 1. The minimum absolute atomic E-state index is 0.129. The van der Waals surface area contributed by atoms with Gasteiger partial charge < -0.3 is 9.88 Å². The molecular formula is C27H30FN7O. The molecule has 36 heavy (non-hydrogen) atoms. The van der Waals surface area contributed by atoms with Crippen LogP contribution in [0.2, 0.25) is 0 Å². The molecule has 0 amide bonds. The molecule has 2 aliphatic rings. The Hall–Kier alpha value is -3.59. The van der Waals surface area contributed by atoms with E-state index in [9.17, 15) is 9.18 Å². The van der Waals surface area contributed by atoms with Crippen LogP contribution in [0.3, 0.4) is 0 Å². The van der Waals surface area contributed by atoms with Gasteiger partial charge in [0.1, 0.15) is 11.9 Å². The number of aryl methyl sites for hydroxylation is 1. The van der Waals surface area contributed by atoms with Gasteiger partial charge in [-0.05, 0) is 65.4 Å². The van der Waals surface area contributed by atoms with Crippen molar-refractivity contribution in [3.05, 3.63) is 81.7 Å². The van der Waals surface area contributed by atoms with E-state index in [1.165, 1.54) is 6.07 Å². The second-order valence-electron chi connectivity index (χ2n) is 9.94. The highest BCUT2D eigenvalue weighted by molar-refractivity contribution is 5.79. The van der Waals surface area contributed by atoms with Gasteiger partial charge in [-0.2, -0.15) is 0 Å². The molecule has 0 radical (unpaired) electrons. The summed E-state index contributed by atoms with van der Waals surface area (Å²) in [4.78, 5) is 20.9. The smallest absolute Gasteiger partial charge is 0.253 e. The standard InChI is InChI=1S/C27H30FN7O/c1-18-10-11-19-17-21(27(36)29-23(19)16-18)25(26-30-31-32-35(26)20-6-2-3-7-20)34-14-12-33(13-15-34)24-9-5-4-8-22(24)28/h4-5,8-11,16-17,20,25H,2-3,6-7,12-15H2,1H3,(H,29,36)/t25-/m1/s1. The molecular weight excluding hydrogens is 457 g/mol. The van der Waals surface area contributed by atoms with Crippen LogP contribution in [0.1, 0.15) is 54.7 Å². The number of nitrogens with zero attached hydrogens (tertiary/aromatic N) is 6. The lowest BCUT2D eigenvalue weighted by Crippen LogP contribution is -2.49. The van der Waals surface area contributed by atoms with Gasteiger partial charge in [-0.1, -0.05) is 37.1 Å².